The molecule has 0 bridgehead atoms. The number of nitrogens with zero attached hydrogens (tertiary/aromatic N) is 2. The van der Waals surface area contributed by atoms with E-state index in [9.17, 15) is 9.59 Å². The van der Waals surface area contributed by atoms with Crippen LogP contribution in [0.5, 0.6) is 0 Å². The molecule has 6 heteroatoms. The van der Waals surface area contributed by atoms with E-state index in [1.165, 1.54) is 17.7 Å². The van der Waals surface area contributed by atoms with E-state index in [1.807, 2.05) is 24.4 Å². The van der Waals surface area contributed by atoms with E-state index < -0.39 is 0 Å². The fraction of sp³-hybridized carbons (Fsp3) is 0.700. The average molecular weight is 378 g/mol. The molecular formula is C20H31N3O2S. The van der Waals surface area contributed by atoms with E-state index in [1.54, 1.807) is 11.3 Å². The van der Waals surface area contributed by atoms with Gasteiger partial charge in [0.25, 0.3) is 0 Å². The molecule has 0 aliphatic carbocycles. The summed E-state index contributed by atoms with van der Waals surface area (Å²) in [6.07, 6.45) is 6.54. The van der Waals surface area contributed by atoms with Crippen molar-refractivity contribution < 1.29 is 9.59 Å². The van der Waals surface area contributed by atoms with Gasteiger partial charge in [-0.2, -0.15) is 0 Å². The number of nitrogens with one attached hydrogen (secondary N) is 1. The summed E-state index contributed by atoms with van der Waals surface area (Å²) in [5.41, 5.74) is 0. The summed E-state index contributed by atoms with van der Waals surface area (Å²) in [5.74, 6) is 0.572. The molecule has 0 radical (unpaired) electrons. The number of rotatable bonds is 5. The van der Waals surface area contributed by atoms with E-state index >= 15 is 0 Å². The van der Waals surface area contributed by atoms with Crippen LogP contribution in [-0.2, 0) is 16.1 Å². The lowest BCUT2D eigenvalue weighted by Gasteiger charge is -2.36. The number of carbonyl (C=O) groups is 2. The lowest BCUT2D eigenvalue weighted by molar-refractivity contribution is -0.137. The van der Waals surface area contributed by atoms with E-state index in [2.05, 4.69) is 15.1 Å². The van der Waals surface area contributed by atoms with Crippen LogP contribution in [0.1, 0.15) is 50.3 Å². The summed E-state index contributed by atoms with van der Waals surface area (Å²) in [6, 6.07) is 3.90. The molecule has 26 heavy (non-hydrogen) atoms. The number of amides is 2. The highest BCUT2D eigenvalue weighted by atomic mass is 32.1. The Kier molecular flexibility index (Phi) is 7.08. The second-order valence-corrected chi connectivity index (χ2v) is 8.56. The van der Waals surface area contributed by atoms with Gasteiger partial charge in [0, 0.05) is 23.9 Å². The Hall–Kier alpha value is -1.40. The van der Waals surface area contributed by atoms with Crippen LogP contribution in [0.4, 0.5) is 0 Å². The Labute approximate surface area is 160 Å². The van der Waals surface area contributed by atoms with Gasteiger partial charge in [-0.05, 0) is 57.1 Å². The normalized spacial score (nSPS) is 21.2. The molecule has 5 nitrogen and oxygen atoms in total. The molecule has 1 aromatic rings. The van der Waals surface area contributed by atoms with Crippen LogP contribution in [0.15, 0.2) is 17.5 Å². The third-order valence-electron chi connectivity index (χ3n) is 5.74. The Bertz CT molecular complexity index is 574. The molecule has 2 saturated heterocycles. The lowest BCUT2D eigenvalue weighted by Crippen LogP contribution is -2.50. The first-order valence-corrected chi connectivity index (χ1v) is 10.9. The highest BCUT2D eigenvalue weighted by molar-refractivity contribution is 7.09. The van der Waals surface area contributed by atoms with Gasteiger partial charge >= 0.3 is 0 Å². The largest absolute Gasteiger partial charge is 0.350 e. The molecule has 1 N–H and O–H groups in total. The van der Waals surface area contributed by atoms with Crippen molar-refractivity contribution in [3.63, 3.8) is 0 Å². The van der Waals surface area contributed by atoms with Crippen molar-refractivity contribution in [2.75, 3.05) is 26.2 Å². The predicted octanol–water partition coefficient (Wildman–Crippen LogP) is 2.87. The first kappa shape index (κ1) is 19.4. The minimum absolute atomic E-state index is 0.0793. The van der Waals surface area contributed by atoms with Crippen LogP contribution >= 0.6 is 11.3 Å². The fourth-order valence-electron chi connectivity index (χ4n) is 3.98. The zero-order valence-corrected chi connectivity index (χ0v) is 16.6. The van der Waals surface area contributed by atoms with Gasteiger partial charge in [0.15, 0.2) is 0 Å². The van der Waals surface area contributed by atoms with Crippen molar-refractivity contribution in [1.29, 1.82) is 0 Å². The lowest BCUT2D eigenvalue weighted by atomic mass is 9.94. The van der Waals surface area contributed by atoms with Crippen molar-refractivity contribution in [1.82, 2.24) is 15.1 Å². The number of carbonyl (C=O) groups excluding carboxylic acids is 2. The van der Waals surface area contributed by atoms with Crippen molar-refractivity contribution in [2.24, 2.45) is 5.92 Å². The molecule has 2 fully saturated rings. The van der Waals surface area contributed by atoms with Gasteiger partial charge in [-0.3, -0.25) is 14.5 Å². The average Bonchev–Trinajstić information content (AvgIpc) is 3.05. The van der Waals surface area contributed by atoms with Crippen molar-refractivity contribution in [2.45, 2.75) is 58.0 Å². The minimum Gasteiger partial charge on any atom is -0.350 e. The van der Waals surface area contributed by atoms with Crippen LogP contribution in [0.3, 0.4) is 0 Å². The minimum atomic E-state index is -0.135. The predicted molar refractivity (Wildman–Crippen MR) is 105 cm³/mol. The van der Waals surface area contributed by atoms with Crippen LogP contribution in [-0.4, -0.2) is 53.8 Å². The Morgan fingerprint density at radius 3 is 2.46 bits per heavy atom. The van der Waals surface area contributed by atoms with Crippen LogP contribution in [0, 0.1) is 5.92 Å². The van der Waals surface area contributed by atoms with Gasteiger partial charge in [0.2, 0.25) is 11.8 Å². The zero-order chi connectivity index (χ0) is 18.4. The quantitative estimate of drug-likeness (QED) is 0.858. The van der Waals surface area contributed by atoms with Gasteiger partial charge in [0.05, 0.1) is 12.6 Å². The number of piperidine rings is 1. The smallest absolute Gasteiger partial charge is 0.237 e. The Morgan fingerprint density at radius 1 is 1.15 bits per heavy atom. The molecule has 2 amide bonds. The van der Waals surface area contributed by atoms with Gasteiger partial charge in [0.1, 0.15) is 0 Å². The molecule has 3 rings (SSSR count). The summed E-state index contributed by atoms with van der Waals surface area (Å²) in [6.45, 7) is 6.10. The monoisotopic (exact) mass is 377 g/mol. The van der Waals surface area contributed by atoms with Crippen molar-refractivity contribution in [3.8, 4) is 0 Å². The highest BCUT2D eigenvalue weighted by Gasteiger charge is 2.31. The Balaban J connectivity index is 1.43. The molecule has 2 aliphatic rings. The van der Waals surface area contributed by atoms with E-state index in [4.69, 9.17) is 0 Å². The van der Waals surface area contributed by atoms with Gasteiger partial charge in [-0.15, -0.1) is 11.3 Å². The number of hydrogen-bond acceptors (Lipinski definition) is 4. The summed E-state index contributed by atoms with van der Waals surface area (Å²) in [7, 11) is 0. The van der Waals surface area contributed by atoms with Gasteiger partial charge in [-0.25, -0.2) is 0 Å². The first-order valence-electron chi connectivity index (χ1n) is 9.98. The SMILES string of the molecule is CC(C(=O)NCc1cccs1)N1CCC(C(=O)N2CCCCCC2)CC1. The second kappa shape index (κ2) is 9.51. The van der Waals surface area contributed by atoms with Crippen molar-refractivity contribution in [3.05, 3.63) is 22.4 Å². The molecule has 1 unspecified atom stereocenters. The number of thiophene rings is 1. The van der Waals surface area contributed by atoms with Gasteiger partial charge in [-0.1, -0.05) is 18.9 Å². The maximum absolute atomic E-state index is 12.8. The zero-order valence-electron chi connectivity index (χ0n) is 15.8. The van der Waals surface area contributed by atoms with E-state index in [-0.39, 0.29) is 17.9 Å². The highest BCUT2D eigenvalue weighted by Crippen LogP contribution is 2.23. The van der Waals surface area contributed by atoms with E-state index in [0.29, 0.717) is 12.5 Å². The standard InChI is InChI=1S/C20H31N3O2S/c1-16(19(24)21-15-18-7-6-14-26-18)22-12-8-17(9-13-22)20(25)23-10-4-2-3-5-11-23/h6-7,14,16-17H,2-5,8-13,15H2,1H3,(H,21,24). The van der Waals surface area contributed by atoms with E-state index in [0.717, 1.165) is 51.9 Å². The number of likely N-dealkylation sites (tertiary alicyclic amines) is 2. The van der Waals surface area contributed by atoms with Crippen LogP contribution in [0.25, 0.3) is 0 Å². The number of hydrogen-bond donors (Lipinski definition) is 1. The maximum Gasteiger partial charge on any atom is 0.237 e. The van der Waals surface area contributed by atoms with Crippen LogP contribution < -0.4 is 5.32 Å². The second-order valence-electron chi connectivity index (χ2n) is 7.52. The molecule has 0 spiro atoms. The molecule has 144 valence electrons. The topological polar surface area (TPSA) is 52.7 Å². The molecule has 0 saturated carbocycles. The van der Waals surface area contributed by atoms with Crippen molar-refractivity contribution >= 4 is 23.2 Å². The molecule has 3 heterocycles. The molecule has 1 atom stereocenters. The fourth-order valence-corrected chi connectivity index (χ4v) is 4.63. The summed E-state index contributed by atoms with van der Waals surface area (Å²) >= 11 is 1.66. The summed E-state index contributed by atoms with van der Waals surface area (Å²) in [5, 5.41) is 5.05. The summed E-state index contributed by atoms with van der Waals surface area (Å²) < 4.78 is 0. The van der Waals surface area contributed by atoms with Crippen LogP contribution in [0.2, 0.25) is 0 Å². The first-order chi connectivity index (χ1) is 12.6. The molecule has 1 aromatic heterocycles. The molecular weight excluding hydrogens is 346 g/mol. The van der Waals surface area contributed by atoms with Gasteiger partial charge < -0.3 is 10.2 Å². The molecule has 2 aliphatic heterocycles. The third kappa shape index (κ3) is 5.07. The Morgan fingerprint density at radius 2 is 1.85 bits per heavy atom. The maximum atomic E-state index is 12.8. The molecule has 0 aromatic carbocycles. The third-order valence-corrected chi connectivity index (χ3v) is 6.62. The summed E-state index contributed by atoms with van der Waals surface area (Å²) in [4.78, 5) is 30.7.